The van der Waals surface area contributed by atoms with Gasteiger partial charge in [-0.3, -0.25) is 9.55 Å². The second kappa shape index (κ2) is 10.1. The number of ether oxygens (including phenoxy) is 1. The van der Waals surface area contributed by atoms with Crippen LogP contribution in [0.2, 0.25) is 0 Å². The minimum atomic E-state index is -4.84. The molecule has 0 amide bonds. The summed E-state index contributed by atoms with van der Waals surface area (Å²) in [5.74, 6) is -3.29. The zero-order chi connectivity index (χ0) is 25.9. The van der Waals surface area contributed by atoms with Crippen molar-refractivity contribution in [1.82, 2.24) is 19.3 Å². The lowest BCUT2D eigenvalue weighted by molar-refractivity contribution is -0.189. The van der Waals surface area contributed by atoms with E-state index in [9.17, 15) is 23.1 Å². The first-order valence-corrected chi connectivity index (χ1v) is 10.1. The van der Waals surface area contributed by atoms with E-state index in [1.54, 1.807) is 13.0 Å². The number of pyridine rings is 1. The molecule has 3 aromatic rings. The lowest BCUT2D eigenvalue weighted by Gasteiger charge is -2.20. The first-order valence-electron chi connectivity index (χ1n) is 10.1. The van der Waals surface area contributed by atoms with Crippen molar-refractivity contribution in [3.63, 3.8) is 0 Å². The Hall–Kier alpha value is -4.05. The normalized spacial score (nSPS) is 12.9. The Morgan fingerprint density at radius 3 is 2.66 bits per heavy atom. The molecule has 1 N–H and O–H groups in total. The van der Waals surface area contributed by atoms with Crippen molar-refractivity contribution in [2.75, 3.05) is 0 Å². The predicted molar refractivity (Wildman–Crippen MR) is 113 cm³/mol. The molecule has 0 aliphatic carbocycles. The van der Waals surface area contributed by atoms with Crippen LogP contribution in [0, 0.1) is 17.1 Å². The van der Waals surface area contributed by atoms with Crippen molar-refractivity contribution in [2.24, 2.45) is 0 Å². The van der Waals surface area contributed by atoms with Crippen LogP contribution in [-0.2, 0) is 13.2 Å². The van der Waals surface area contributed by atoms with E-state index in [1.807, 2.05) is 0 Å². The number of aromatic nitrogens is 4. The van der Waals surface area contributed by atoms with Crippen LogP contribution in [0.25, 0.3) is 17.6 Å². The van der Waals surface area contributed by atoms with Gasteiger partial charge in [-0.1, -0.05) is 0 Å². The molecule has 3 rings (SSSR count). The van der Waals surface area contributed by atoms with Crippen LogP contribution in [0.5, 0.6) is 5.75 Å². The second-order valence-electron chi connectivity index (χ2n) is 7.15. The molecule has 13 heteroatoms. The predicted octanol–water partition coefficient (Wildman–Crippen LogP) is 3.75. The molecule has 0 bridgehead atoms. The van der Waals surface area contributed by atoms with E-state index < -0.39 is 53.2 Å². The fraction of sp³-hybridized carbons (Fsp3) is 0.273. The summed E-state index contributed by atoms with van der Waals surface area (Å²) in [5, 5.41) is 22.4. The van der Waals surface area contributed by atoms with E-state index in [4.69, 9.17) is 10.00 Å². The van der Waals surface area contributed by atoms with Gasteiger partial charge in [-0.2, -0.15) is 23.1 Å². The molecule has 1 atom stereocenters. The summed E-state index contributed by atoms with van der Waals surface area (Å²) in [4.78, 5) is 16.4. The first kappa shape index (κ1) is 25.6. The van der Waals surface area contributed by atoms with Gasteiger partial charge in [0.25, 0.3) is 0 Å². The number of halogens is 5. The van der Waals surface area contributed by atoms with Gasteiger partial charge in [0.2, 0.25) is 0 Å². The summed E-state index contributed by atoms with van der Waals surface area (Å²) in [6, 6.07) is 5.81. The molecule has 2 heterocycles. The molecule has 0 fully saturated rings. The Morgan fingerprint density at radius 2 is 2.09 bits per heavy atom. The molecule has 0 unspecified atom stereocenters. The number of hydrogen-bond acceptors (Lipinski definition) is 6. The molecule has 184 valence electrons. The molecule has 0 saturated carbocycles. The van der Waals surface area contributed by atoms with Gasteiger partial charge in [-0.05, 0) is 32.0 Å². The van der Waals surface area contributed by atoms with Gasteiger partial charge < -0.3 is 9.84 Å². The lowest BCUT2D eigenvalue weighted by Crippen LogP contribution is -2.31. The molecule has 0 saturated heterocycles. The molecule has 0 aliphatic rings. The Morgan fingerprint density at radius 1 is 1.37 bits per heavy atom. The van der Waals surface area contributed by atoms with E-state index in [2.05, 4.69) is 10.1 Å². The summed E-state index contributed by atoms with van der Waals surface area (Å²) in [6.07, 6.45) is -5.25. The summed E-state index contributed by atoms with van der Waals surface area (Å²) >= 11 is 0. The van der Waals surface area contributed by atoms with Gasteiger partial charge in [-0.15, -0.1) is 5.10 Å². The highest BCUT2D eigenvalue weighted by molar-refractivity contribution is 5.80. The van der Waals surface area contributed by atoms with Gasteiger partial charge in [-0.25, -0.2) is 13.6 Å². The van der Waals surface area contributed by atoms with E-state index >= 15 is 8.78 Å². The van der Waals surface area contributed by atoms with Gasteiger partial charge in [0.05, 0.1) is 16.8 Å². The minimum Gasteiger partial charge on any atom is -0.480 e. The van der Waals surface area contributed by atoms with Crippen LogP contribution >= 0.6 is 0 Å². The zero-order valence-corrected chi connectivity index (χ0v) is 18.3. The zero-order valence-electron chi connectivity index (χ0n) is 18.3. The summed E-state index contributed by atoms with van der Waals surface area (Å²) in [7, 11) is 0. The van der Waals surface area contributed by atoms with Gasteiger partial charge in [0.1, 0.15) is 35.8 Å². The Balaban J connectivity index is 2.23. The van der Waals surface area contributed by atoms with Crippen molar-refractivity contribution < 1.29 is 31.8 Å². The topological polar surface area (TPSA) is 106 Å². The third-order valence-corrected chi connectivity index (χ3v) is 4.92. The molecular formula is C22H18F5N5O3. The molecule has 1 aromatic carbocycles. The smallest absolute Gasteiger partial charge is 0.425 e. The molecule has 0 spiro atoms. The van der Waals surface area contributed by atoms with E-state index in [0.29, 0.717) is 23.7 Å². The van der Waals surface area contributed by atoms with Gasteiger partial charge >= 0.3 is 11.9 Å². The van der Waals surface area contributed by atoms with Gasteiger partial charge in [0.15, 0.2) is 11.9 Å². The minimum absolute atomic E-state index is 0.0286. The quantitative estimate of drug-likeness (QED) is 0.501. The Kier molecular flexibility index (Phi) is 7.35. The molecular weight excluding hydrogens is 477 g/mol. The third kappa shape index (κ3) is 5.22. The number of hydrogen-bond donors (Lipinski definition) is 1. The monoisotopic (exact) mass is 495 g/mol. The highest BCUT2D eigenvalue weighted by atomic mass is 19.4. The average Bonchev–Trinajstić information content (AvgIpc) is 3.14. The highest BCUT2D eigenvalue weighted by Crippen LogP contribution is 2.35. The highest BCUT2D eigenvalue weighted by Gasteiger charge is 2.39. The van der Waals surface area contributed by atoms with Crippen molar-refractivity contribution >= 4 is 11.9 Å². The number of nitriles is 1. The molecule has 8 nitrogen and oxygen atoms in total. The maximum atomic E-state index is 15.2. The Labute approximate surface area is 195 Å². The maximum absolute atomic E-state index is 15.2. The first-order chi connectivity index (χ1) is 16.5. The fourth-order valence-electron chi connectivity index (χ4n) is 3.10. The largest absolute Gasteiger partial charge is 0.480 e. The molecule has 0 aliphatic heterocycles. The van der Waals surface area contributed by atoms with Crippen LogP contribution in [0.15, 0.2) is 35.3 Å². The van der Waals surface area contributed by atoms with Crippen LogP contribution in [-0.4, -0.2) is 36.7 Å². The molecule has 0 radical (unpaired) electrons. The molecule has 35 heavy (non-hydrogen) atoms. The van der Waals surface area contributed by atoms with Gasteiger partial charge in [0, 0.05) is 24.9 Å². The Bertz CT molecular complexity index is 1370. The van der Waals surface area contributed by atoms with Crippen molar-refractivity contribution in [3.05, 3.63) is 69.4 Å². The maximum Gasteiger partial charge on any atom is 0.425 e. The average molecular weight is 495 g/mol. The van der Waals surface area contributed by atoms with Crippen LogP contribution in [0.3, 0.4) is 0 Å². The standard InChI is InChI=1S/C22H18F5N5O3/c1-3-31-20(11-33)30-32(21(31)34)18-9-19(35-12(2)22(25,26)27)14(7-16(18)24)15(23)8-17-13(10-28)5-4-6-29-17/h4-9,12,33H,3,11H2,1-2H3/b15-8-/t12-/m0/s1. The third-order valence-electron chi connectivity index (χ3n) is 4.92. The fourth-order valence-corrected chi connectivity index (χ4v) is 3.10. The lowest BCUT2D eigenvalue weighted by atomic mass is 10.1. The number of benzene rings is 1. The number of alkyl halides is 3. The summed E-state index contributed by atoms with van der Waals surface area (Å²) < 4.78 is 76.2. The van der Waals surface area contributed by atoms with E-state index in [-0.39, 0.29) is 23.6 Å². The van der Waals surface area contributed by atoms with Crippen molar-refractivity contribution in [2.45, 2.75) is 39.3 Å². The number of nitrogens with zero attached hydrogens (tertiary/aromatic N) is 5. The van der Waals surface area contributed by atoms with Crippen molar-refractivity contribution in [3.8, 4) is 17.5 Å². The van der Waals surface area contributed by atoms with Crippen molar-refractivity contribution in [1.29, 1.82) is 5.26 Å². The number of aliphatic hydroxyl groups is 1. The second-order valence-corrected chi connectivity index (χ2v) is 7.15. The van der Waals surface area contributed by atoms with E-state index in [1.165, 1.54) is 18.3 Å². The molecule has 2 aromatic heterocycles. The van der Waals surface area contributed by atoms with Crippen LogP contribution in [0.4, 0.5) is 22.0 Å². The SMILES string of the molecule is CCn1c(CO)nn(-c2cc(O[C@@H](C)C(F)(F)F)c(/C(F)=C/c3ncccc3C#N)cc2F)c1=O. The summed E-state index contributed by atoms with van der Waals surface area (Å²) in [6.45, 7) is 1.65. The number of aliphatic hydroxyl groups excluding tert-OH is 1. The number of rotatable bonds is 7. The van der Waals surface area contributed by atoms with E-state index in [0.717, 1.165) is 10.6 Å². The van der Waals surface area contributed by atoms with Crippen LogP contribution < -0.4 is 10.4 Å². The summed E-state index contributed by atoms with van der Waals surface area (Å²) in [5.41, 5.74) is -2.37. The van der Waals surface area contributed by atoms with Crippen LogP contribution in [0.1, 0.15) is 36.5 Å².